The summed E-state index contributed by atoms with van der Waals surface area (Å²) in [4.78, 5) is 72.9. The highest BCUT2D eigenvalue weighted by Crippen LogP contribution is 2.45. The normalized spacial score (nSPS) is 14.0. The molecule has 0 saturated heterocycles. The quantitative estimate of drug-likeness (QED) is 0.0169. The van der Waals surface area contributed by atoms with E-state index >= 15 is 0 Å². The van der Waals surface area contributed by atoms with Crippen molar-refractivity contribution in [2.45, 2.75) is 425 Å². The van der Waals surface area contributed by atoms with Gasteiger partial charge in [-0.3, -0.25) is 37.3 Å². The Morgan fingerprint density at radius 2 is 0.540 bits per heavy atom. The van der Waals surface area contributed by atoms with Crippen LogP contribution in [0.25, 0.3) is 0 Å². The van der Waals surface area contributed by atoms with E-state index in [9.17, 15) is 43.2 Å². The van der Waals surface area contributed by atoms with Crippen molar-refractivity contribution >= 4 is 39.5 Å². The number of hydrogen-bond acceptors (Lipinski definition) is 15. The fourth-order valence-electron chi connectivity index (χ4n) is 12.0. The lowest BCUT2D eigenvalue weighted by atomic mass is 10.0. The van der Waals surface area contributed by atoms with Gasteiger partial charge in [-0.1, -0.05) is 354 Å². The molecule has 2 unspecified atom stereocenters. The average Bonchev–Trinajstić information content (AvgIpc) is 0.946. The van der Waals surface area contributed by atoms with Crippen molar-refractivity contribution in [3.63, 3.8) is 0 Å². The molecule has 0 aliphatic heterocycles. The van der Waals surface area contributed by atoms with Crippen LogP contribution in [0.4, 0.5) is 0 Å². The summed E-state index contributed by atoms with van der Waals surface area (Å²) in [6, 6.07) is 0. The fourth-order valence-corrected chi connectivity index (χ4v) is 13.6. The number of phosphoric acid groups is 2. The van der Waals surface area contributed by atoms with Gasteiger partial charge >= 0.3 is 39.5 Å². The minimum Gasteiger partial charge on any atom is -0.462 e. The van der Waals surface area contributed by atoms with Crippen molar-refractivity contribution < 1.29 is 80.2 Å². The lowest BCUT2D eigenvalue weighted by molar-refractivity contribution is -0.161. The second-order valence-electron chi connectivity index (χ2n) is 29.0. The summed E-state index contributed by atoms with van der Waals surface area (Å²) >= 11 is 0. The zero-order chi connectivity index (χ0) is 73.4. The van der Waals surface area contributed by atoms with Crippen LogP contribution in [0.5, 0.6) is 0 Å². The van der Waals surface area contributed by atoms with Crippen molar-refractivity contribution in [1.29, 1.82) is 0 Å². The molecule has 590 valence electrons. The first-order valence-electron chi connectivity index (χ1n) is 41.5. The molecule has 0 spiro atoms. The van der Waals surface area contributed by atoms with Gasteiger partial charge in [0.15, 0.2) is 12.2 Å². The van der Waals surface area contributed by atoms with Crippen molar-refractivity contribution in [2.75, 3.05) is 39.6 Å². The Bertz CT molecular complexity index is 2000. The molecule has 0 aliphatic rings. The molecule has 0 aromatic heterocycles. The zero-order valence-electron chi connectivity index (χ0n) is 64.8. The van der Waals surface area contributed by atoms with Gasteiger partial charge in [0.25, 0.3) is 0 Å². The van der Waals surface area contributed by atoms with E-state index in [2.05, 4.69) is 58.9 Å². The summed E-state index contributed by atoms with van der Waals surface area (Å²) in [5.74, 6) is -1.40. The van der Waals surface area contributed by atoms with Crippen LogP contribution in [0.3, 0.4) is 0 Å². The highest BCUT2D eigenvalue weighted by molar-refractivity contribution is 7.47. The average molecular weight is 1460 g/mol. The van der Waals surface area contributed by atoms with Gasteiger partial charge in [-0.2, -0.15) is 0 Å². The van der Waals surface area contributed by atoms with Crippen LogP contribution in [0.15, 0.2) is 24.3 Å². The predicted molar refractivity (Wildman–Crippen MR) is 409 cm³/mol. The first-order valence-corrected chi connectivity index (χ1v) is 44.4. The Morgan fingerprint density at radius 3 is 0.820 bits per heavy atom. The van der Waals surface area contributed by atoms with Crippen LogP contribution in [0.2, 0.25) is 0 Å². The van der Waals surface area contributed by atoms with Gasteiger partial charge in [0.2, 0.25) is 0 Å². The maximum atomic E-state index is 13.1. The Labute approximate surface area is 612 Å². The van der Waals surface area contributed by atoms with Crippen LogP contribution in [-0.2, 0) is 65.4 Å². The smallest absolute Gasteiger partial charge is 0.462 e. The van der Waals surface area contributed by atoms with E-state index < -0.39 is 97.5 Å². The van der Waals surface area contributed by atoms with Gasteiger partial charge in [0.05, 0.1) is 26.4 Å². The molecule has 0 heterocycles. The molecule has 0 aromatic carbocycles. The van der Waals surface area contributed by atoms with Crippen molar-refractivity contribution in [3.8, 4) is 0 Å². The number of aliphatic hydroxyl groups excluding tert-OH is 1. The standard InChI is InChI=1S/C81H154O17P2/c1-6-9-12-15-18-21-24-26-28-29-30-31-32-33-34-36-38-41-46-51-56-61-66-80(85)97-76(70-92-79(84)65-60-55-50-45-40-37-35-27-25-22-19-16-13-10-7-2)72-95-99(87,88)93-68-75(82)69-94-100(89,90)96-73-77(71-91-78(83)64-59-54-49-44-39-23-20-17-14-11-8-3)98-81(86)67-62-57-52-47-42-43-48-53-58-63-74(4)5/h22,25,27,35,74-77,82H,6-21,23-24,26,28-34,36-73H2,1-5H3,(H,87,88)(H,89,90)/b25-22-,35-27-/t75-,76-,77-/m1/s1. The fraction of sp³-hybridized carbons (Fsp3) is 0.901. The molecule has 0 bridgehead atoms. The molecular formula is C81H154O17P2. The lowest BCUT2D eigenvalue weighted by Crippen LogP contribution is -2.30. The first kappa shape index (κ1) is 97.5. The predicted octanol–water partition coefficient (Wildman–Crippen LogP) is 24.0. The Hall–Kier alpha value is -2.46. The van der Waals surface area contributed by atoms with Crippen LogP contribution in [0, 0.1) is 5.92 Å². The molecule has 3 N–H and O–H groups in total. The maximum Gasteiger partial charge on any atom is 0.472 e. The zero-order valence-corrected chi connectivity index (χ0v) is 66.6. The Kier molecular flexibility index (Phi) is 71.6. The molecule has 0 rings (SSSR count). The van der Waals surface area contributed by atoms with Gasteiger partial charge in [-0.25, -0.2) is 9.13 Å². The third-order valence-electron chi connectivity index (χ3n) is 18.4. The number of hydrogen-bond donors (Lipinski definition) is 3. The number of aliphatic hydroxyl groups is 1. The second kappa shape index (κ2) is 73.4. The molecule has 0 saturated carbocycles. The number of ether oxygens (including phenoxy) is 4. The minimum atomic E-state index is -4.97. The molecule has 100 heavy (non-hydrogen) atoms. The van der Waals surface area contributed by atoms with E-state index in [0.717, 1.165) is 115 Å². The third kappa shape index (κ3) is 73.8. The molecule has 5 atom stereocenters. The van der Waals surface area contributed by atoms with Gasteiger partial charge in [0, 0.05) is 25.7 Å². The summed E-state index contributed by atoms with van der Waals surface area (Å²) in [5.41, 5.74) is 0. The number of carbonyl (C=O) groups excluding carboxylic acids is 4. The van der Waals surface area contributed by atoms with E-state index in [1.165, 1.54) is 212 Å². The molecule has 0 amide bonds. The molecule has 0 radical (unpaired) electrons. The Balaban J connectivity index is 5.24. The summed E-state index contributed by atoms with van der Waals surface area (Å²) in [7, 11) is -9.93. The largest absolute Gasteiger partial charge is 0.472 e. The molecule has 17 nitrogen and oxygen atoms in total. The highest BCUT2D eigenvalue weighted by Gasteiger charge is 2.30. The number of unbranched alkanes of at least 4 members (excludes halogenated alkanes) is 48. The van der Waals surface area contributed by atoms with Gasteiger partial charge in [0.1, 0.15) is 19.3 Å². The minimum absolute atomic E-state index is 0.102. The summed E-state index contributed by atoms with van der Waals surface area (Å²) in [6.45, 7) is 7.22. The molecule has 0 fully saturated rings. The van der Waals surface area contributed by atoms with Crippen molar-refractivity contribution in [1.82, 2.24) is 0 Å². The third-order valence-corrected chi connectivity index (χ3v) is 20.3. The van der Waals surface area contributed by atoms with Crippen LogP contribution in [-0.4, -0.2) is 96.7 Å². The van der Waals surface area contributed by atoms with E-state index in [-0.39, 0.29) is 25.7 Å². The lowest BCUT2D eigenvalue weighted by Gasteiger charge is -2.21. The molecular weight excluding hydrogens is 1310 g/mol. The van der Waals surface area contributed by atoms with E-state index in [0.29, 0.717) is 25.7 Å². The van der Waals surface area contributed by atoms with Gasteiger partial charge in [-0.05, 0) is 57.3 Å². The van der Waals surface area contributed by atoms with E-state index in [1.54, 1.807) is 0 Å². The number of carbonyl (C=O) groups is 4. The monoisotopic (exact) mass is 1460 g/mol. The molecule has 0 aliphatic carbocycles. The van der Waals surface area contributed by atoms with Crippen molar-refractivity contribution in [2.24, 2.45) is 5.92 Å². The van der Waals surface area contributed by atoms with E-state index in [4.69, 9.17) is 37.0 Å². The molecule has 19 heteroatoms. The molecule has 0 aromatic rings. The topological polar surface area (TPSA) is 237 Å². The van der Waals surface area contributed by atoms with Crippen LogP contribution in [0.1, 0.15) is 407 Å². The SMILES string of the molecule is CCCCCC/C=C\C=C/CCCCCCCC(=O)OC[C@H](COP(=O)(O)OC[C@@H](O)COP(=O)(O)OC[C@@H](COC(=O)CCCCCCCCCCCCC)OC(=O)CCCCCCCCCCCC(C)C)OC(=O)CCCCCCCCCCCCCCCCCCCCCCCC. The van der Waals surface area contributed by atoms with Gasteiger partial charge < -0.3 is 33.8 Å². The number of phosphoric ester groups is 2. The summed E-state index contributed by atoms with van der Waals surface area (Å²) in [6.07, 6.45) is 67.5. The van der Waals surface area contributed by atoms with Crippen LogP contribution < -0.4 is 0 Å². The number of allylic oxidation sites excluding steroid dienone is 4. The first-order chi connectivity index (χ1) is 48.5. The summed E-state index contributed by atoms with van der Waals surface area (Å²) < 4.78 is 68.6. The second-order valence-corrected chi connectivity index (χ2v) is 31.9. The Morgan fingerprint density at radius 1 is 0.310 bits per heavy atom. The van der Waals surface area contributed by atoms with Gasteiger partial charge in [-0.15, -0.1) is 0 Å². The van der Waals surface area contributed by atoms with Crippen molar-refractivity contribution in [3.05, 3.63) is 24.3 Å². The number of rotatable bonds is 79. The highest BCUT2D eigenvalue weighted by atomic mass is 31.2. The van der Waals surface area contributed by atoms with Crippen LogP contribution >= 0.6 is 15.6 Å². The summed E-state index contributed by atoms with van der Waals surface area (Å²) in [5, 5.41) is 10.6. The van der Waals surface area contributed by atoms with E-state index in [1.807, 2.05) is 0 Å². The number of esters is 4. The maximum absolute atomic E-state index is 13.1.